The van der Waals surface area contributed by atoms with Gasteiger partial charge in [-0.15, -0.1) is 11.8 Å². The Morgan fingerprint density at radius 3 is 2.53 bits per heavy atom. The molecule has 0 radical (unpaired) electrons. The predicted octanol–water partition coefficient (Wildman–Crippen LogP) is 3.97. The van der Waals surface area contributed by atoms with Gasteiger partial charge >= 0.3 is 6.18 Å². The van der Waals surface area contributed by atoms with Crippen molar-refractivity contribution in [3.8, 4) is 0 Å². The van der Waals surface area contributed by atoms with E-state index in [9.17, 15) is 13.2 Å². The maximum Gasteiger partial charge on any atom is 0.389 e. The summed E-state index contributed by atoms with van der Waals surface area (Å²) < 4.78 is 35.5. The molecule has 6 heteroatoms. The van der Waals surface area contributed by atoms with Crippen LogP contribution in [-0.2, 0) is 0 Å². The summed E-state index contributed by atoms with van der Waals surface area (Å²) >= 11 is 6.83. The highest BCUT2D eigenvalue weighted by molar-refractivity contribution is 7.99. The molecule has 15 heavy (non-hydrogen) atoms. The number of rotatable bonds is 3. The van der Waals surface area contributed by atoms with Gasteiger partial charge in [0.15, 0.2) is 0 Å². The Morgan fingerprint density at radius 2 is 2.00 bits per heavy atom. The molecule has 0 aliphatic carbocycles. The first kappa shape index (κ1) is 12.5. The quantitative estimate of drug-likeness (QED) is 0.653. The molecular formula is C9H9ClF3NS. The van der Waals surface area contributed by atoms with Crippen LogP contribution >= 0.6 is 23.4 Å². The Hall–Kier alpha value is -0.550. The molecule has 2 N–H and O–H groups in total. The molecule has 1 aromatic carbocycles. The first-order valence-corrected chi connectivity index (χ1v) is 5.49. The number of anilines is 1. The summed E-state index contributed by atoms with van der Waals surface area (Å²) in [6.07, 6.45) is -4.91. The van der Waals surface area contributed by atoms with Gasteiger partial charge in [0, 0.05) is 10.6 Å². The monoisotopic (exact) mass is 255 g/mol. The van der Waals surface area contributed by atoms with Gasteiger partial charge in [0.2, 0.25) is 0 Å². The second-order valence-corrected chi connectivity index (χ2v) is 4.47. The van der Waals surface area contributed by atoms with E-state index >= 15 is 0 Å². The van der Waals surface area contributed by atoms with Crippen LogP contribution in [0.15, 0.2) is 23.1 Å². The first-order valence-electron chi connectivity index (χ1n) is 4.13. The smallest absolute Gasteiger partial charge is 0.389 e. The lowest BCUT2D eigenvalue weighted by Crippen LogP contribution is -2.07. The second kappa shape index (κ2) is 4.99. The van der Waals surface area contributed by atoms with Crippen LogP contribution in [0.25, 0.3) is 0 Å². The molecule has 0 atom stereocenters. The lowest BCUT2D eigenvalue weighted by molar-refractivity contribution is -0.129. The number of hydrogen-bond donors (Lipinski definition) is 1. The second-order valence-electron chi connectivity index (χ2n) is 2.90. The Bertz CT molecular complexity index is 341. The Morgan fingerprint density at radius 1 is 1.33 bits per heavy atom. The van der Waals surface area contributed by atoms with Gasteiger partial charge in [-0.05, 0) is 18.2 Å². The largest absolute Gasteiger partial charge is 0.398 e. The molecule has 0 saturated carbocycles. The summed E-state index contributed by atoms with van der Waals surface area (Å²) in [4.78, 5) is 0.693. The summed E-state index contributed by atoms with van der Waals surface area (Å²) in [5, 5.41) is 0.368. The average molecular weight is 256 g/mol. The van der Waals surface area contributed by atoms with Crippen molar-refractivity contribution in [3.05, 3.63) is 23.2 Å². The highest BCUT2D eigenvalue weighted by atomic mass is 35.5. The van der Waals surface area contributed by atoms with Crippen molar-refractivity contribution in [2.24, 2.45) is 0 Å². The lowest BCUT2D eigenvalue weighted by Gasteiger charge is -2.06. The molecular weight excluding hydrogens is 247 g/mol. The molecule has 0 amide bonds. The third-order valence-electron chi connectivity index (χ3n) is 1.63. The van der Waals surface area contributed by atoms with Crippen LogP contribution in [-0.4, -0.2) is 11.9 Å². The summed E-state index contributed by atoms with van der Waals surface area (Å²) in [5.41, 5.74) is 5.89. The molecule has 84 valence electrons. The van der Waals surface area contributed by atoms with Gasteiger partial charge in [-0.2, -0.15) is 13.2 Å². The number of hydrogen-bond acceptors (Lipinski definition) is 2. The topological polar surface area (TPSA) is 26.0 Å². The van der Waals surface area contributed by atoms with E-state index in [1.807, 2.05) is 0 Å². The first-order chi connectivity index (χ1) is 6.88. The number of halogens is 4. The zero-order valence-corrected chi connectivity index (χ0v) is 9.22. The molecule has 1 rings (SSSR count). The van der Waals surface area contributed by atoms with Gasteiger partial charge in [0.1, 0.15) is 0 Å². The maximum atomic E-state index is 11.8. The summed E-state index contributed by atoms with van der Waals surface area (Å²) in [7, 11) is 0. The fraction of sp³-hybridized carbons (Fsp3) is 0.333. The molecule has 0 heterocycles. The fourth-order valence-corrected chi connectivity index (χ4v) is 2.06. The van der Waals surface area contributed by atoms with Crippen molar-refractivity contribution in [2.45, 2.75) is 17.5 Å². The highest BCUT2D eigenvalue weighted by Crippen LogP contribution is 2.29. The van der Waals surface area contributed by atoms with E-state index < -0.39 is 12.6 Å². The van der Waals surface area contributed by atoms with Gasteiger partial charge in [-0.25, -0.2) is 0 Å². The standard InChI is InChI=1S/C9H9ClF3NS/c10-7-5-6(1-2-8(7)14)15-4-3-9(11,12)13/h1-2,5H,3-4,14H2. The van der Waals surface area contributed by atoms with Crippen molar-refractivity contribution in [2.75, 3.05) is 11.5 Å². The van der Waals surface area contributed by atoms with E-state index in [2.05, 4.69) is 0 Å². The highest BCUT2D eigenvalue weighted by Gasteiger charge is 2.26. The molecule has 0 aromatic heterocycles. The minimum atomic E-state index is -4.11. The molecule has 0 aliphatic heterocycles. The molecule has 0 unspecified atom stereocenters. The van der Waals surface area contributed by atoms with E-state index in [0.717, 1.165) is 11.8 Å². The SMILES string of the molecule is Nc1ccc(SCCC(F)(F)F)cc1Cl. The lowest BCUT2D eigenvalue weighted by atomic mass is 10.3. The minimum Gasteiger partial charge on any atom is -0.398 e. The van der Waals surface area contributed by atoms with Crippen molar-refractivity contribution < 1.29 is 13.2 Å². The zero-order chi connectivity index (χ0) is 11.5. The van der Waals surface area contributed by atoms with Crippen molar-refractivity contribution in [1.82, 2.24) is 0 Å². The molecule has 0 bridgehead atoms. The molecule has 1 nitrogen and oxygen atoms in total. The summed E-state index contributed by atoms with van der Waals surface area (Å²) in [6.45, 7) is 0. The number of nitrogen functional groups attached to an aromatic ring is 1. The maximum absolute atomic E-state index is 11.8. The van der Waals surface area contributed by atoms with E-state index in [1.165, 1.54) is 0 Å². The van der Waals surface area contributed by atoms with Crippen LogP contribution in [0.3, 0.4) is 0 Å². The van der Waals surface area contributed by atoms with Crippen molar-refractivity contribution in [1.29, 1.82) is 0 Å². The van der Waals surface area contributed by atoms with Crippen molar-refractivity contribution >= 4 is 29.1 Å². The van der Waals surface area contributed by atoms with Crippen LogP contribution in [0.5, 0.6) is 0 Å². The molecule has 1 aromatic rings. The Balaban J connectivity index is 2.48. The van der Waals surface area contributed by atoms with Gasteiger partial charge in [0.25, 0.3) is 0 Å². The third kappa shape index (κ3) is 4.66. The molecule has 0 aliphatic rings. The van der Waals surface area contributed by atoms with E-state index in [-0.39, 0.29) is 5.75 Å². The predicted molar refractivity (Wildman–Crippen MR) is 57.3 cm³/mol. The molecule has 0 spiro atoms. The van der Waals surface area contributed by atoms with Crippen LogP contribution < -0.4 is 5.73 Å². The van der Waals surface area contributed by atoms with E-state index in [0.29, 0.717) is 15.6 Å². The van der Waals surface area contributed by atoms with Crippen LogP contribution in [0.1, 0.15) is 6.42 Å². The number of benzene rings is 1. The number of nitrogens with two attached hydrogens (primary N) is 1. The van der Waals surface area contributed by atoms with E-state index in [1.54, 1.807) is 18.2 Å². The third-order valence-corrected chi connectivity index (χ3v) is 2.95. The average Bonchev–Trinajstić information content (AvgIpc) is 2.09. The molecule has 0 saturated heterocycles. The number of thioether (sulfide) groups is 1. The van der Waals surface area contributed by atoms with Gasteiger partial charge < -0.3 is 5.73 Å². The van der Waals surface area contributed by atoms with Crippen LogP contribution in [0.4, 0.5) is 18.9 Å². The normalized spacial score (nSPS) is 11.7. The molecule has 0 fully saturated rings. The van der Waals surface area contributed by atoms with Crippen LogP contribution in [0, 0.1) is 0 Å². The zero-order valence-electron chi connectivity index (χ0n) is 7.64. The minimum absolute atomic E-state index is 0.0102. The Labute approximate surface area is 94.8 Å². The summed E-state index contributed by atoms with van der Waals surface area (Å²) in [6, 6.07) is 4.80. The van der Waals surface area contributed by atoms with Gasteiger partial charge in [0.05, 0.1) is 17.1 Å². The van der Waals surface area contributed by atoms with Crippen molar-refractivity contribution in [3.63, 3.8) is 0 Å². The van der Waals surface area contributed by atoms with E-state index in [4.69, 9.17) is 17.3 Å². The van der Waals surface area contributed by atoms with Gasteiger partial charge in [-0.1, -0.05) is 11.6 Å². The summed E-state index contributed by atoms with van der Waals surface area (Å²) in [5.74, 6) is -0.0102. The number of alkyl halides is 3. The van der Waals surface area contributed by atoms with Crippen LogP contribution in [0.2, 0.25) is 5.02 Å². The Kier molecular flexibility index (Phi) is 4.16. The fourth-order valence-electron chi connectivity index (χ4n) is 0.882. The van der Waals surface area contributed by atoms with Gasteiger partial charge in [-0.3, -0.25) is 0 Å².